The van der Waals surface area contributed by atoms with Crippen molar-refractivity contribution in [3.8, 4) is 0 Å². The van der Waals surface area contributed by atoms with E-state index >= 15 is 0 Å². The lowest BCUT2D eigenvalue weighted by molar-refractivity contribution is -0.141. The van der Waals surface area contributed by atoms with Crippen LogP contribution < -0.4 is 0 Å². The molecular formula is C10H16BrN3O2. The zero-order valence-electron chi connectivity index (χ0n) is 9.64. The first-order valence-electron chi connectivity index (χ1n) is 5.29. The van der Waals surface area contributed by atoms with E-state index in [2.05, 4.69) is 40.1 Å². The van der Waals surface area contributed by atoms with Crippen LogP contribution in [0.4, 0.5) is 0 Å². The first-order chi connectivity index (χ1) is 7.47. The third kappa shape index (κ3) is 2.81. The Bertz CT molecular complexity index is 376. The number of nitrogens with zero attached hydrogens (tertiary/aromatic N) is 3. The number of carbonyl (C=O) groups is 1. The Labute approximate surface area is 103 Å². The first kappa shape index (κ1) is 13.2. The number of hydrogen-bond donors (Lipinski definition) is 1. The highest BCUT2D eigenvalue weighted by molar-refractivity contribution is 9.10. The van der Waals surface area contributed by atoms with Gasteiger partial charge in [0.1, 0.15) is 0 Å². The summed E-state index contributed by atoms with van der Waals surface area (Å²) in [6, 6.07) is -0.632. The summed E-state index contributed by atoms with van der Waals surface area (Å²) in [5, 5.41) is 16.9. The van der Waals surface area contributed by atoms with E-state index in [0.29, 0.717) is 16.9 Å². The average Bonchev–Trinajstić information content (AvgIpc) is 2.50. The minimum absolute atomic E-state index is 0.430. The van der Waals surface area contributed by atoms with Crippen LogP contribution in [-0.4, -0.2) is 26.1 Å². The lowest BCUT2D eigenvalue weighted by Crippen LogP contribution is -2.22. The molecule has 0 spiro atoms. The standard InChI is InChI=1S/C10H16BrN3O2/c1-4-7(10(15)16)14-8(5-6(2)3)9(11)12-13-14/h6-7H,4-5H2,1-3H3,(H,15,16). The maximum atomic E-state index is 11.1. The van der Waals surface area contributed by atoms with Crippen LogP contribution in [0.1, 0.15) is 38.9 Å². The summed E-state index contributed by atoms with van der Waals surface area (Å²) in [6.07, 6.45) is 1.26. The van der Waals surface area contributed by atoms with E-state index in [1.165, 1.54) is 4.68 Å². The maximum Gasteiger partial charge on any atom is 0.328 e. The number of aliphatic carboxylic acids is 1. The molecule has 0 aliphatic heterocycles. The third-order valence-corrected chi connectivity index (χ3v) is 2.93. The summed E-state index contributed by atoms with van der Waals surface area (Å²) in [5.41, 5.74) is 0.851. The largest absolute Gasteiger partial charge is 0.480 e. The second-order valence-electron chi connectivity index (χ2n) is 4.13. The van der Waals surface area contributed by atoms with Gasteiger partial charge in [0.05, 0.1) is 5.69 Å². The molecule has 1 atom stereocenters. The van der Waals surface area contributed by atoms with Gasteiger partial charge in [-0.3, -0.25) is 0 Å². The molecule has 0 saturated carbocycles. The second kappa shape index (κ2) is 5.43. The average molecular weight is 290 g/mol. The summed E-state index contributed by atoms with van der Waals surface area (Å²) in [7, 11) is 0. The number of carboxylic acids is 1. The number of rotatable bonds is 5. The van der Waals surface area contributed by atoms with E-state index in [1.807, 2.05) is 6.92 Å². The fourth-order valence-corrected chi connectivity index (χ4v) is 1.98. The molecule has 5 nitrogen and oxygen atoms in total. The summed E-state index contributed by atoms with van der Waals surface area (Å²) in [4.78, 5) is 11.1. The van der Waals surface area contributed by atoms with Gasteiger partial charge in [0.15, 0.2) is 10.6 Å². The molecule has 0 bridgehead atoms. The number of carboxylic acid groups (broad SMARTS) is 1. The van der Waals surface area contributed by atoms with Crippen LogP contribution >= 0.6 is 15.9 Å². The molecular weight excluding hydrogens is 274 g/mol. The van der Waals surface area contributed by atoms with Crippen LogP contribution in [0.3, 0.4) is 0 Å². The van der Waals surface area contributed by atoms with Gasteiger partial charge in [0.2, 0.25) is 0 Å². The molecule has 16 heavy (non-hydrogen) atoms. The number of hydrogen-bond acceptors (Lipinski definition) is 3. The summed E-state index contributed by atoms with van der Waals surface area (Å²) >= 11 is 3.30. The summed E-state index contributed by atoms with van der Waals surface area (Å²) in [6.45, 7) is 5.98. The first-order valence-corrected chi connectivity index (χ1v) is 6.09. The number of halogens is 1. The van der Waals surface area contributed by atoms with Gasteiger partial charge < -0.3 is 5.11 Å². The van der Waals surface area contributed by atoms with Crippen molar-refractivity contribution in [1.29, 1.82) is 0 Å². The van der Waals surface area contributed by atoms with Gasteiger partial charge in [-0.05, 0) is 34.7 Å². The van der Waals surface area contributed by atoms with E-state index < -0.39 is 12.0 Å². The van der Waals surface area contributed by atoms with E-state index in [0.717, 1.165) is 12.1 Å². The van der Waals surface area contributed by atoms with Crippen LogP contribution in [0, 0.1) is 5.92 Å². The van der Waals surface area contributed by atoms with Crippen molar-refractivity contribution in [1.82, 2.24) is 15.0 Å². The van der Waals surface area contributed by atoms with Gasteiger partial charge >= 0.3 is 5.97 Å². The van der Waals surface area contributed by atoms with Crippen LogP contribution in [0.2, 0.25) is 0 Å². The van der Waals surface area contributed by atoms with Gasteiger partial charge in [0, 0.05) is 0 Å². The molecule has 1 rings (SSSR count). The monoisotopic (exact) mass is 289 g/mol. The van der Waals surface area contributed by atoms with Gasteiger partial charge in [-0.1, -0.05) is 26.0 Å². The van der Waals surface area contributed by atoms with Crippen molar-refractivity contribution in [2.45, 2.75) is 39.7 Å². The van der Waals surface area contributed by atoms with Crippen molar-refractivity contribution in [3.63, 3.8) is 0 Å². The summed E-state index contributed by atoms with van der Waals surface area (Å²) < 4.78 is 2.15. The van der Waals surface area contributed by atoms with Crippen molar-refractivity contribution < 1.29 is 9.90 Å². The summed E-state index contributed by atoms with van der Waals surface area (Å²) in [5.74, 6) is -0.440. The quantitative estimate of drug-likeness (QED) is 0.903. The zero-order chi connectivity index (χ0) is 12.3. The van der Waals surface area contributed by atoms with Crippen molar-refractivity contribution in [2.24, 2.45) is 5.92 Å². The smallest absolute Gasteiger partial charge is 0.328 e. The molecule has 0 fully saturated rings. The Hall–Kier alpha value is -0.910. The lowest BCUT2D eigenvalue weighted by atomic mass is 10.1. The van der Waals surface area contributed by atoms with Crippen LogP contribution in [-0.2, 0) is 11.2 Å². The van der Waals surface area contributed by atoms with Crippen molar-refractivity contribution in [2.75, 3.05) is 0 Å². The van der Waals surface area contributed by atoms with E-state index in [1.54, 1.807) is 0 Å². The molecule has 0 aliphatic carbocycles. The van der Waals surface area contributed by atoms with Crippen LogP contribution in [0.25, 0.3) is 0 Å². The molecule has 6 heteroatoms. The van der Waals surface area contributed by atoms with Gasteiger partial charge in [-0.25, -0.2) is 9.48 Å². The highest BCUT2D eigenvalue weighted by atomic mass is 79.9. The minimum Gasteiger partial charge on any atom is -0.480 e. The highest BCUT2D eigenvalue weighted by Crippen LogP contribution is 2.22. The maximum absolute atomic E-state index is 11.1. The Kier molecular flexibility index (Phi) is 4.46. The van der Waals surface area contributed by atoms with Gasteiger partial charge in [0.25, 0.3) is 0 Å². The molecule has 1 N–H and O–H groups in total. The Balaban J connectivity index is 3.07. The van der Waals surface area contributed by atoms with E-state index in [-0.39, 0.29) is 0 Å². The minimum atomic E-state index is -0.870. The normalized spacial score (nSPS) is 13.1. The third-order valence-electron chi connectivity index (χ3n) is 2.31. The predicted molar refractivity (Wildman–Crippen MR) is 63.2 cm³/mol. The molecule has 0 saturated heterocycles. The molecule has 0 amide bonds. The Morgan fingerprint density at radius 2 is 2.19 bits per heavy atom. The molecule has 0 radical (unpaired) electrons. The van der Waals surface area contributed by atoms with E-state index in [9.17, 15) is 4.79 Å². The van der Waals surface area contributed by atoms with Crippen LogP contribution in [0.5, 0.6) is 0 Å². The Morgan fingerprint density at radius 1 is 1.56 bits per heavy atom. The highest BCUT2D eigenvalue weighted by Gasteiger charge is 2.23. The number of aromatic nitrogens is 3. The topological polar surface area (TPSA) is 68.0 Å². The molecule has 0 aromatic carbocycles. The SMILES string of the molecule is CCC(C(=O)O)n1nnc(Br)c1CC(C)C. The molecule has 1 unspecified atom stereocenters. The van der Waals surface area contributed by atoms with E-state index in [4.69, 9.17) is 5.11 Å². The molecule has 90 valence electrons. The zero-order valence-corrected chi connectivity index (χ0v) is 11.2. The predicted octanol–water partition coefficient (Wildman–Crippen LogP) is 2.27. The fraction of sp³-hybridized carbons (Fsp3) is 0.700. The molecule has 0 aliphatic rings. The molecule has 1 heterocycles. The Morgan fingerprint density at radius 3 is 2.62 bits per heavy atom. The van der Waals surface area contributed by atoms with Gasteiger partial charge in [-0.15, -0.1) is 5.10 Å². The van der Waals surface area contributed by atoms with Crippen molar-refractivity contribution >= 4 is 21.9 Å². The van der Waals surface area contributed by atoms with Gasteiger partial charge in [-0.2, -0.15) is 0 Å². The second-order valence-corrected chi connectivity index (χ2v) is 4.88. The van der Waals surface area contributed by atoms with Crippen molar-refractivity contribution in [3.05, 3.63) is 10.3 Å². The lowest BCUT2D eigenvalue weighted by Gasteiger charge is -2.14. The fourth-order valence-electron chi connectivity index (χ4n) is 1.56. The molecule has 1 aromatic heterocycles. The molecule has 1 aromatic rings. The van der Waals surface area contributed by atoms with Crippen LogP contribution in [0.15, 0.2) is 4.60 Å².